The predicted octanol–water partition coefficient (Wildman–Crippen LogP) is 4.30. The fraction of sp³-hybridized carbons (Fsp3) is 0.176. The number of halogens is 4. The van der Waals surface area contributed by atoms with Gasteiger partial charge in [-0.3, -0.25) is 9.36 Å². The van der Waals surface area contributed by atoms with Gasteiger partial charge in [0.05, 0.1) is 16.1 Å². The highest BCUT2D eigenvalue weighted by atomic mass is 35.5. The summed E-state index contributed by atoms with van der Waals surface area (Å²) in [7, 11) is 0. The molecule has 1 heterocycles. The van der Waals surface area contributed by atoms with Gasteiger partial charge in [0.2, 0.25) is 5.91 Å². The lowest BCUT2D eigenvalue weighted by Crippen LogP contribution is -2.20. The van der Waals surface area contributed by atoms with E-state index in [-0.39, 0.29) is 18.7 Å². The van der Waals surface area contributed by atoms with E-state index in [1.807, 2.05) is 0 Å². The standard InChI is InChI=1S/C17H12ClF3N2O3/c18-12-6-5-10(9-11(12)17(19,20)21)22-15(24)7-8-23-13-3-1-2-4-14(13)26-16(23)25/h1-6,9H,7-8H2,(H,22,24). The van der Waals surface area contributed by atoms with E-state index in [1.165, 1.54) is 10.6 Å². The maximum atomic E-state index is 12.8. The van der Waals surface area contributed by atoms with E-state index < -0.39 is 28.4 Å². The number of aryl methyl sites for hydroxylation is 1. The van der Waals surface area contributed by atoms with Gasteiger partial charge in [-0.15, -0.1) is 0 Å². The number of benzene rings is 2. The third-order valence-electron chi connectivity index (χ3n) is 3.69. The zero-order valence-electron chi connectivity index (χ0n) is 13.1. The lowest BCUT2D eigenvalue weighted by Gasteiger charge is -2.12. The molecule has 3 aromatic rings. The molecule has 0 unspecified atom stereocenters. The van der Waals surface area contributed by atoms with Crippen molar-refractivity contribution in [2.45, 2.75) is 19.1 Å². The van der Waals surface area contributed by atoms with Gasteiger partial charge < -0.3 is 9.73 Å². The number of hydrogen-bond donors (Lipinski definition) is 1. The van der Waals surface area contributed by atoms with Crippen LogP contribution in [0.5, 0.6) is 0 Å². The van der Waals surface area contributed by atoms with E-state index in [0.717, 1.165) is 12.1 Å². The maximum Gasteiger partial charge on any atom is 0.419 e. The van der Waals surface area contributed by atoms with Gasteiger partial charge in [0.25, 0.3) is 0 Å². The van der Waals surface area contributed by atoms with Crippen LogP contribution in [0.25, 0.3) is 11.1 Å². The monoisotopic (exact) mass is 384 g/mol. The largest absolute Gasteiger partial charge is 0.419 e. The fourth-order valence-electron chi connectivity index (χ4n) is 2.48. The summed E-state index contributed by atoms with van der Waals surface area (Å²) in [5, 5.41) is 1.92. The van der Waals surface area contributed by atoms with Crippen LogP contribution in [0.3, 0.4) is 0 Å². The van der Waals surface area contributed by atoms with E-state index in [9.17, 15) is 22.8 Å². The Morgan fingerprint density at radius 2 is 1.92 bits per heavy atom. The third kappa shape index (κ3) is 3.75. The Balaban J connectivity index is 1.72. The molecule has 0 saturated heterocycles. The third-order valence-corrected chi connectivity index (χ3v) is 4.02. The van der Waals surface area contributed by atoms with Crippen molar-refractivity contribution in [2.75, 3.05) is 5.32 Å². The summed E-state index contributed by atoms with van der Waals surface area (Å²) in [6, 6.07) is 9.83. The second-order valence-electron chi connectivity index (χ2n) is 5.48. The number of aromatic nitrogens is 1. The van der Waals surface area contributed by atoms with E-state index in [0.29, 0.717) is 11.1 Å². The highest BCUT2D eigenvalue weighted by Crippen LogP contribution is 2.36. The highest BCUT2D eigenvalue weighted by Gasteiger charge is 2.33. The SMILES string of the molecule is O=C(CCn1c(=O)oc2ccccc21)Nc1ccc(Cl)c(C(F)(F)F)c1. The van der Waals surface area contributed by atoms with Crippen molar-refractivity contribution >= 4 is 34.3 Å². The van der Waals surface area contributed by atoms with Gasteiger partial charge in [-0.1, -0.05) is 23.7 Å². The number of fused-ring (bicyclic) bond motifs is 1. The number of para-hydroxylation sites is 2. The van der Waals surface area contributed by atoms with Gasteiger partial charge in [-0.2, -0.15) is 13.2 Å². The van der Waals surface area contributed by atoms with Crippen molar-refractivity contribution in [2.24, 2.45) is 0 Å². The first kappa shape index (κ1) is 18.1. The molecule has 0 aliphatic rings. The molecule has 26 heavy (non-hydrogen) atoms. The molecule has 0 bridgehead atoms. The van der Waals surface area contributed by atoms with Gasteiger partial charge in [0.15, 0.2) is 5.58 Å². The Kier molecular flexibility index (Phi) is 4.78. The minimum atomic E-state index is -4.62. The van der Waals surface area contributed by atoms with Gasteiger partial charge in [0.1, 0.15) is 0 Å². The molecular formula is C17H12ClF3N2O3. The Morgan fingerprint density at radius 3 is 2.65 bits per heavy atom. The number of alkyl halides is 3. The van der Waals surface area contributed by atoms with Crippen LogP contribution in [-0.4, -0.2) is 10.5 Å². The number of carbonyl (C=O) groups is 1. The first-order valence-electron chi connectivity index (χ1n) is 7.50. The lowest BCUT2D eigenvalue weighted by atomic mass is 10.2. The number of nitrogens with one attached hydrogen (secondary N) is 1. The van der Waals surface area contributed by atoms with Gasteiger partial charge >= 0.3 is 11.9 Å². The van der Waals surface area contributed by atoms with Crippen LogP contribution >= 0.6 is 11.6 Å². The van der Waals surface area contributed by atoms with E-state index in [4.69, 9.17) is 16.0 Å². The molecule has 2 aromatic carbocycles. The molecule has 3 rings (SSSR count). The summed E-state index contributed by atoms with van der Waals surface area (Å²) >= 11 is 5.54. The summed E-state index contributed by atoms with van der Waals surface area (Å²) in [6.07, 6.45) is -4.74. The van der Waals surface area contributed by atoms with Crippen molar-refractivity contribution < 1.29 is 22.4 Å². The molecule has 1 N–H and O–H groups in total. The minimum absolute atomic E-state index is 0.0292. The van der Waals surface area contributed by atoms with Crippen molar-refractivity contribution in [3.05, 3.63) is 63.6 Å². The molecule has 0 atom stereocenters. The molecular weight excluding hydrogens is 373 g/mol. The van der Waals surface area contributed by atoms with E-state index >= 15 is 0 Å². The Morgan fingerprint density at radius 1 is 1.19 bits per heavy atom. The maximum absolute atomic E-state index is 12.8. The second kappa shape index (κ2) is 6.87. The van der Waals surface area contributed by atoms with Crippen LogP contribution in [0.4, 0.5) is 18.9 Å². The zero-order valence-corrected chi connectivity index (χ0v) is 13.9. The number of amides is 1. The molecule has 0 fully saturated rings. The van der Waals surface area contributed by atoms with Crippen molar-refractivity contribution in [1.82, 2.24) is 4.57 Å². The predicted molar refractivity (Wildman–Crippen MR) is 90.2 cm³/mol. The average Bonchev–Trinajstić information content (AvgIpc) is 2.89. The smallest absolute Gasteiger partial charge is 0.408 e. The summed E-state index contributed by atoms with van der Waals surface area (Å²) in [5.41, 5.74) is -0.133. The Bertz CT molecular complexity index is 1020. The summed E-state index contributed by atoms with van der Waals surface area (Å²) in [5.74, 6) is -1.15. The molecule has 0 spiro atoms. The first-order valence-corrected chi connectivity index (χ1v) is 7.88. The molecule has 0 radical (unpaired) electrons. The molecule has 5 nitrogen and oxygen atoms in total. The summed E-state index contributed by atoms with van der Waals surface area (Å²) in [6.45, 7) is 0.0292. The Labute approximate surface area is 150 Å². The number of rotatable bonds is 4. The van der Waals surface area contributed by atoms with Crippen LogP contribution in [0.15, 0.2) is 51.7 Å². The first-order chi connectivity index (χ1) is 12.3. The normalized spacial score (nSPS) is 11.7. The van der Waals surface area contributed by atoms with Crippen molar-refractivity contribution in [3.63, 3.8) is 0 Å². The molecule has 0 saturated carbocycles. The van der Waals surface area contributed by atoms with Crippen LogP contribution in [0, 0.1) is 0 Å². The van der Waals surface area contributed by atoms with Crippen LogP contribution in [0.2, 0.25) is 5.02 Å². The topological polar surface area (TPSA) is 64.2 Å². The average molecular weight is 385 g/mol. The number of carbonyl (C=O) groups excluding carboxylic acids is 1. The minimum Gasteiger partial charge on any atom is -0.408 e. The van der Waals surface area contributed by atoms with Crippen molar-refractivity contribution in [3.8, 4) is 0 Å². The second-order valence-corrected chi connectivity index (χ2v) is 5.89. The molecule has 0 aliphatic heterocycles. The number of oxazole rings is 1. The van der Waals surface area contributed by atoms with Gasteiger partial charge in [-0.25, -0.2) is 4.79 Å². The van der Waals surface area contributed by atoms with Crippen LogP contribution in [-0.2, 0) is 17.5 Å². The quantitative estimate of drug-likeness (QED) is 0.729. The Hall–Kier alpha value is -2.74. The summed E-state index contributed by atoms with van der Waals surface area (Å²) in [4.78, 5) is 23.9. The van der Waals surface area contributed by atoms with Gasteiger partial charge in [-0.05, 0) is 30.3 Å². The van der Waals surface area contributed by atoms with Crippen LogP contribution in [0.1, 0.15) is 12.0 Å². The fourth-order valence-corrected chi connectivity index (χ4v) is 2.71. The van der Waals surface area contributed by atoms with Crippen molar-refractivity contribution in [1.29, 1.82) is 0 Å². The number of anilines is 1. The van der Waals surface area contributed by atoms with E-state index in [2.05, 4.69) is 5.32 Å². The number of nitrogens with zero attached hydrogens (tertiary/aromatic N) is 1. The highest BCUT2D eigenvalue weighted by molar-refractivity contribution is 6.31. The van der Waals surface area contributed by atoms with Gasteiger partial charge in [0, 0.05) is 18.7 Å². The molecule has 1 aromatic heterocycles. The molecule has 9 heteroatoms. The number of hydrogen-bond acceptors (Lipinski definition) is 3. The lowest BCUT2D eigenvalue weighted by molar-refractivity contribution is -0.137. The molecule has 0 aliphatic carbocycles. The molecule has 136 valence electrons. The molecule has 1 amide bonds. The zero-order chi connectivity index (χ0) is 18.9. The van der Waals surface area contributed by atoms with Crippen LogP contribution < -0.4 is 11.1 Å². The summed E-state index contributed by atoms with van der Waals surface area (Å²) < 4.78 is 44.9. The van der Waals surface area contributed by atoms with E-state index in [1.54, 1.807) is 24.3 Å².